The Morgan fingerprint density at radius 1 is 1.14 bits per heavy atom. The van der Waals surface area contributed by atoms with Gasteiger partial charge in [0.15, 0.2) is 17.7 Å². The van der Waals surface area contributed by atoms with Crippen LogP contribution in [0.4, 0.5) is 5.82 Å². The lowest BCUT2D eigenvalue weighted by molar-refractivity contribution is -0.0504. The average molecular weight is 571 g/mol. The van der Waals surface area contributed by atoms with Gasteiger partial charge in [0.2, 0.25) is 0 Å². The number of hydrogen-bond donors (Lipinski definition) is 8. The Hall–Kier alpha value is -1.92. The van der Waals surface area contributed by atoms with Crippen molar-refractivity contribution in [2.24, 2.45) is 5.73 Å². The molecule has 0 bridgehead atoms. The van der Waals surface area contributed by atoms with Crippen molar-refractivity contribution >= 4 is 38.8 Å². The zero-order valence-electron chi connectivity index (χ0n) is 19.5. The van der Waals surface area contributed by atoms with Crippen molar-refractivity contribution in [3.63, 3.8) is 0 Å². The van der Waals surface area contributed by atoms with E-state index in [9.17, 15) is 29.1 Å². The van der Waals surface area contributed by atoms with Crippen molar-refractivity contribution in [2.45, 2.75) is 43.8 Å². The third-order valence-corrected chi connectivity index (χ3v) is 7.35. The Balaban J connectivity index is 0.000000717. The number of unbranched alkanes of at least 4 members (excludes halogenated alkanes) is 1. The number of nitrogen functional groups attached to an aromatic ring is 1. The number of anilines is 1. The van der Waals surface area contributed by atoms with Gasteiger partial charge in [0, 0.05) is 6.61 Å². The Bertz CT molecular complexity index is 1110. The fraction of sp³-hybridized carbons (Fsp3) is 0.647. The molecule has 1 aliphatic rings. The summed E-state index contributed by atoms with van der Waals surface area (Å²) < 4.78 is 43.5. The molecule has 10 N–H and O–H groups in total. The Kier molecular flexibility index (Phi) is 12.1. The first-order chi connectivity index (χ1) is 17.5. The molecule has 1 fully saturated rings. The first-order valence-electron chi connectivity index (χ1n) is 10.9. The molecule has 2 aromatic heterocycles. The molecular formula is C17H31N7O11P2. The smallest absolute Gasteiger partial charge is 0.396 e. The van der Waals surface area contributed by atoms with Gasteiger partial charge in [-0.05, 0) is 32.0 Å². The van der Waals surface area contributed by atoms with Gasteiger partial charge in [-0.2, -0.15) is 4.31 Å². The highest BCUT2D eigenvalue weighted by atomic mass is 31.3. The molecule has 0 amide bonds. The molecule has 0 saturated carbocycles. The minimum Gasteiger partial charge on any atom is -0.396 e. The van der Waals surface area contributed by atoms with Crippen LogP contribution in [0.1, 0.15) is 25.5 Å². The molecule has 1 aliphatic heterocycles. The molecule has 18 nitrogen and oxygen atoms in total. The van der Waals surface area contributed by atoms with Gasteiger partial charge in [0.05, 0.1) is 19.5 Å². The first kappa shape index (κ1) is 31.3. The normalized spacial score (nSPS) is 24.7. The summed E-state index contributed by atoms with van der Waals surface area (Å²) in [6.07, 6.45) is -0.0236. The number of phosphoric acid groups is 2. The fourth-order valence-corrected chi connectivity index (χ4v) is 5.08. The predicted octanol–water partition coefficient (Wildman–Crippen LogP) is -0.964. The number of rotatable bonds is 13. The van der Waals surface area contributed by atoms with E-state index in [0.29, 0.717) is 6.54 Å². The van der Waals surface area contributed by atoms with Crippen molar-refractivity contribution < 1.29 is 52.3 Å². The van der Waals surface area contributed by atoms with Crippen LogP contribution in [0, 0.1) is 5.41 Å². The maximum atomic E-state index is 11.9. The lowest BCUT2D eigenvalue weighted by atomic mass is 10.1. The highest BCUT2D eigenvalue weighted by molar-refractivity contribution is 7.61. The molecule has 210 valence electrons. The summed E-state index contributed by atoms with van der Waals surface area (Å²) in [5.41, 5.74) is 11.3. The van der Waals surface area contributed by atoms with Crippen LogP contribution in [-0.4, -0.2) is 95.5 Å². The van der Waals surface area contributed by atoms with E-state index in [0.717, 1.165) is 12.8 Å². The van der Waals surface area contributed by atoms with Gasteiger partial charge in [-0.15, -0.1) is 0 Å². The number of nitrogens with zero attached hydrogens (tertiary/aromatic N) is 4. The molecular weight excluding hydrogens is 540 g/mol. The minimum absolute atomic E-state index is 0.00855. The van der Waals surface area contributed by atoms with Gasteiger partial charge in [-0.25, -0.2) is 24.1 Å². The van der Waals surface area contributed by atoms with Gasteiger partial charge < -0.3 is 46.7 Å². The van der Waals surface area contributed by atoms with E-state index in [1.807, 2.05) is 0 Å². The maximum Gasteiger partial charge on any atom is 0.481 e. The van der Waals surface area contributed by atoms with Gasteiger partial charge >= 0.3 is 15.6 Å². The molecule has 3 rings (SSSR count). The van der Waals surface area contributed by atoms with E-state index < -0.39 is 53.4 Å². The lowest BCUT2D eigenvalue weighted by Gasteiger charge is -2.19. The first-order valence-corrected chi connectivity index (χ1v) is 13.9. The van der Waals surface area contributed by atoms with Gasteiger partial charge in [-0.3, -0.25) is 13.6 Å². The summed E-state index contributed by atoms with van der Waals surface area (Å²) in [4.78, 5) is 30.9. The van der Waals surface area contributed by atoms with Gasteiger partial charge in [0.25, 0.3) is 0 Å². The molecule has 3 heterocycles. The molecule has 20 heteroatoms. The van der Waals surface area contributed by atoms with Crippen molar-refractivity contribution in [1.29, 1.82) is 5.41 Å². The number of hydrogen-bond acceptors (Lipinski definition) is 15. The van der Waals surface area contributed by atoms with E-state index in [-0.39, 0.29) is 30.0 Å². The predicted molar refractivity (Wildman–Crippen MR) is 127 cm³/mol. The summed E-state index contributed by atoms with van der Waals surface area (Å²) in [6.45, 7) is -0.827. The van der Waals surface area contributed by atoms with Crippen molar-refractivity contribution in [3.8, 4) is 0 Å². The second-order valence-electron chi connectivity index (χ2n) is 7.49. The summed E-state index contributed by atoms with van der Waals surface area (Å²) in [7, 11) is -10.1. The van der Waals surface area contributed by atoms with Gasteiger partial charge in [-0.1, -0.05) is 0 Å². The van der Waals surface area contributed by atoms with Crippen LogP contribution < -0.4 is 11.5 Å². The molecule has 2 aromatic rings. The van der Waals surface area contributed by atoms with Crippen LogP contribution in [0.25, 0.3) is 11.2 Å². The Morgan fingerprint density at radius 3 is 2.46 bits per heavy atom. The molecule has 6 atom stereocenters. The van der Waals surface area contributed by atoms with E-state index in [2.05, 4.69) is 28.3 Å². The van der Waals surface area contributed by atoms with E-state index in [1.165, 1.54) is 23.4 Å². The molecule has 0 spiro atoms. The molecule has 0 aliphatic carbocycles. The molecule has 2 unspecified atom stereocenters. The third-order valence-electron chi connectivity index (χ3n) is 4.72. The number of aliphatic hydroxyl groups excluding tert-OH is 3. The summed E-state index contributed by atoms with van der Waals surface area (Å²) >= 11 is 0. The second-order valence-corrected chi connectivity index (χ2v) is 10.5. The zero-order valence-corrected chi connectivity index (χ0v) is 21.3. The zero-order chi connectivity index (χ0) is 27.6. The molecule has 0 aromatic carbocycles. The number of ether oxygens (including phenoxy) is 1. The van der Waals surface area contributed by atoms with E-state index >= 15 is 0 Å². The average Bonchev–Trinajstić information content (AvgIpc) is 3.38. The van der Waals surface area contributed by atoms with Crippen LogP contribution in [-0.2, 0) is 27.2 Å². The Labute approximate surface area is 210 Å². The SMILES string of the molecule is N=CCCCN.Nc1ncnc2c1ncn2[C@@H]1O[C@H](COP(=O)(O)OP(=O)(O)OCCCO)[C@@H](O)[C@H]1O. The summed E-state index contributed by atoms with van der Waals surface area (Å²) in [5, 5.41) is 35.7. The van der Waals surface area contributed by atoms with E-state index in [1.54, 1.807) is 0 Å². The quantitative estimate of drug-likeness (QED) is 0.0815. The number of nitrogens with one attached hydrogen (secondary N) is 1. The lowest BCUT2D eigenvalue weighted by Crippen LogP contribution is -2.33. The minimum atomic E-state index is -5.12. The van der Waals surface area contributed by atoms with Crippen LogP contribution >= 0.6 is 15.6 Å². The number of nitrogens with two attached hydrogens (primary N) is 2. The van der Waals surface area contributed by atoms with Crippen LogP contribution in [0.2, 0.25) is 0 Å². The topological polar surface area (TPSA) is 292 Å². The van der Waals surface area contributed by atoms with Crippen molar-refractivity contribution in [3.05, 3.63) is 12.7 Å². The van der Waals surface area contributed by atoms with Crippen LogP contribution in [0.5, 0.6) is 0 Å². The highest BCUT2D eigenvalue weighted by Gasteiger charge is 2.46. The monoisotopic (exact) mass is 571 g/mol. The Morgan fingerprint density at radius 2 is 1.84 bits per heavy atom. The van der Waals surface area contributed by atoms with Gasteiger partial charge in [0.1, 0.15) is 30.2 Å². The van der Waals surface area contributed by atoms with Crippen molar-refractivity contribution in [2.75, 3.05) is 32.1 Å². The summed E-state index contributed by atoms with van der Waals surface area (Å²) in [6, 6.07) is 0. The number of fused-ring (bicyclic) bond motifs is 1. The van der Waals surface area contributed by atoms with E-state index in [4.69, 9.17) is 26.7 Å². The standard InChI is InChI=1S/C13H21N5O11P2.C4H10N2/c14-11-8-12(16-5-15-11)18(6-17-8)13-10(21)9(20)7(28-13)4-27-31(24,25)29-30(22,23)26-3-1-2-19;5-3-1-2-4-6/h5-7,9-10,13,19-21H,1-4H2,(H,22,23)(H,24,25)(H2,14,15,16);3,5H,1-2,4,6H2/t7-,9-,10-,13-;/m1./s1. The summed E-state index contributed by atoms with van der Waals surface area (Å²) in [5.74, 6) is 0.0877. The van der Waals surface area contributed by atoms with Crippen LogP contribution in [0.3, 0.4) is 0 Å². The number of aliphatic hydroxyl groups is 3. The highest BCUT2D eigenvalue weighted by Crippen LogP contribution is 2.60. The van der Waals surface area contributed by atoms with Crippen LogP contribution in [0.15, 0.2) is 12.7 Å². The fourth-order valence-electron chi connectivity index (χ4n) is 2.96. The number of phosphoric ester groups is 2. The number of aromatic nitrogens is 4. The molecule has 1 saturated heterocycles. The third kappa shape index (κ3) is 9.10. The molecule has 37 heavy (non-hydrogen) atoms. The van der Waals surface area contributed by atoms with Crippen molar-refractivity contribution in [1.82, 2.24) is 19.5 Å². The molecule has 0 radical (unpaired) electrons. The number of imidazole rings is 1. The maximum absolute atomic E-state index is 11.9. The largest absolute Gasteiger partial charge is 0.481 e. The second kappa shape index (κ2) is 14.3.